The van der Waals surface area contributed by atoms with Crippen molar-refractivity contribution in [3.05, 3.63) is 35.9 Å². The molecule has 3 heteroatoms. The van der Waals surface area contributed by atoms with Gasteiger partial charge < -0.3 is 4.74 Å². The van der Waals surface area contributed by atoms with E-state index >= 15 is 4.39 Å². The van der Waals surface area contributed by atoms with Crippen molar-refractivity contribution in [2.24, 2.45) is 11.8 Å². The Kier molecular flexibility index (Phi) is 4.23. The molecule has 19 heavy (non-hydrogen) atoms. The molecule has 1 saturated carbocycles. The van der Waals surface area contributed by atoms with Crippen LogP contribution < -0.4 is 0 Å². The van der Waals surface area contributed by atoms with E-state index in [0.717, 1.165) is 12.8 Å². The SMILES string of the molecule is CCOC(=O)[C@H]1CCC[C@@H](C)[C@@]1(F)c1ccccc1. The Balaban J connectivity index is 2.38. The molecule has 0 aliphatic heterocycles. The van der Waals surface area contributed by atoms with E-state index in [0.29, 0.717) is 18.6 Å². The van der Waals surface area contributed by atoms with Gasteiger partial charge in [0.1, 0.15) is 0 Å². The van der Waals surface area contributed by atoms with Gasteiger partial charge in [0.2, 0.25) is 0 Å². The summed E-state index contributed by atoms with van der Waals surface area (Å²) in [5.41, 5.74) is -1.01. The third-order valence-corrected chi connectivity index (χ3v) is 4.14. The Hall–Kier alpha value is -1.38. The van der Waals surface area contributed by atoms with Crippen LogP contribution in [0, 0.1) is 11.8 Å². The molecule has 0 unspecified atom stereocenters. The van der Waals surface area contributed by atoms with Crippen LogP contribution in [0.5, 0.6) is 0 Å². The van der Waals surface area contributed by atoms with E-state index in [1.165, 1.54) is 0 Å². The summed E-state index contributed by atoms with van der Waals surface area (Å²) in [6.07, 6.45) is 2.25. The first-order valence-electron chi connectivity index (χ1n) is 7.01. The number of carbonyl (C=O) groups excluding carboxylic acids is 1. The van der Waals surface area contributed by atoms with Crippen molar-refractivity contribution in [3.8, 4) is 0 Å². The Labute approximate surface area is 114 Å². The van der Waals surface area contributed by atoms with Gasteiger partial charge in [-0.25, -0.2) is 4.39 Å². The summed E-state index contributed by atoms with van der Waals surface area (Å²) in [5, 5.41) is 0. The molecule has 1 aliphatic rings. The molecule has 104 valence electrons. The maximum Gasteiger partial charge on any atom is 0.312 e. The van der Waals surface area contributed by atoms with Gasteiger partial charge in [0.25, 0.3) is 0 Å². The third kappa shape index (κ3) is 2.51. The highest BCUT2D eigenvalue weighted by molar-refractivity contribution is 5.74. The van der Waals surface area contributed by atoms with Gasteiger partial charge in [0, 0.05) is 0 Å². The Morgan fingerprint density at radius 3 is 2.68 bits per heavy atom. The monoisotopic (exact) mass is 264 g/mol. The Bertz CT molecular complexity index is 432. The second-order valence-corrected chi connectivity index (χ2v) is 5.27. The number of alkyl halides is 1. The van der Waals surface area contributed by atoms with Crippen molar-refractivity contribution in [1.29, 1.82) is 0 Å². The first kappa shape index (κ1) is 14.0. The number of ether oxygens (including phenoxy) is 1. The number of carbonyl (C=O) groups is 1. The molecular weight excluding hydrogens is 243 g/mol. The highest BCUT2D eigenvalue weighted by Gasteiger charge is 2.51. The van der Waals surface area contributed by atoms with E-state index in [4.69, 9.17) is 4.74 Å². The van der Waals surface area contributed by atoms with Gasteiger partial charge in [0.05, 0.1) is 12.5 Å². The molecule has 2 nitrogen and oxygen atoms in total. The molecular formula is C16H21FO2. The van der Waals surface area contributed by atoms with E-state index in [1.807, 2.05) is 25.1 Å². The smallest absolute Gasteiger partial charge is 0.312 e. The van der Waals surface area contributed by atoms with Gasteiger partial charge in [-0.15, -0.1) is 0 Å². The van der Waals surface area contributed by atoms with E-state index < -0.39 is 17.6 Å². The van der Waals surface area contributed by atoms with E-state index in [1.54, 1.807) is 19.1 Å². The van der Waals surface area contributed by atoms with Crippen LogP contribution in [0.1, 0.15) is 38.7 Å². The predicted octanol–water partition coefficient (Wildman–Crippen LogP) is 3.85. The molecule has 0 radical (unpaired) electrons. The molecule has 0 saturated heterocycles. The molecule has 1 fully saturated rings. The Morgan fingerprint density at radius 1 is 1.37 bits per heavy atom. The van der Waals surface area contributed by atoms with Crippen LogP contribution in [0.4, 0.5) is 4.39 Å². The molecule has 0 amide bonds. The molecule has 1 aromatic rings. The topological polar surface area (TPSA) is 26.3 Å². The summed E-state index contributed by atoms with van der Waals surface area (Å²) < 4.78 is 20.7. The van der Waals surface area contributed by atoms with Gasteiger partial charge in [0.15, 0.2) is 5.67 Å². The fourth-order valence-electron chi connectivity index (χ4n) is 3.10. The molecule has 0 bridgehead atoms. The number of rotatable bonds is 3. The number of hydrogen-bond acceptors (Lipinski definition) is 2. The quantitative estimate of drug-likeness (QED) is 0.775. The lowest BCUT2D eigenvalue weighted by atomic mass is 9.67. The molecule has 0 heterocycles. The predicted molar refractivity (Wildman–Crippen MR) is 72.4 cm³/mol. The van der Waals surface area contributed by atoms with Crippen LogP contribution in [0.2, 0.25) is 0 Å². The van der Waals surface area contributed by atoms with E-state index in [2.05, 4.69) is 0 Å². The first-order valence-corrected chi connectivity index (χ1v) is 7.01. The van der Waals surface area contributed by atoms with Crippen molar-refractivity contribution in [1.82, 2.24) is 0 Å². The van der Waals surface area contributed by atoms with Gasteiger partial charge in [-0.1, -0.05) is 43.7 Å². The average molecular weight is 264 g/mol. The third-order valence-electron chi connectivity index (χ3n) is 4.14. The lowest BCUT2D eigenvalue weighted by Gasteiger charge is -2.41. The largest absolute Gasteiger partial charge is 0.466 e. The molecule has 1 aliphatic carbocycles. The molecule has 2 rings (SSSR count). The second-order valence-electron chi connectivity index (χ2n) is 5.27. The average Bonchev–Trinajstić information content (AvgIpc) is 2.43. The van der Waals surface area contributed by atoms with E-state index in [9.17, 15) is 4.79 Å². The zero-order valence-corrected chi connectivity index (χ0v) is 11.6. The zero-order chi connectivity index (χ0) is 13.9. The fraction of sp³-hybridized carbons (Fsp3) is 0.562. The number of benzene rings is 1. The van der Waals surface area contributed by atoms with Gasteiger partial charge in [-0.05, 0) is 31.2 Å². The minimum atomic E-state index is -1.61. The van der Waals surface area contributed by atoms with Gasteiger partial charge >= 0.3 is 5.97 Å². The zero-order valence-electron chi connectivity index (χ0n) is 11.6. The van der Waals surface area contributed by atoms with Crippen LogP contribution >= 0.6 is 0 Å². The molecule has 0 spiro atoms. The van der Waals surface area contributed by atoms with E-state index in [-0.39, 0.29) is 5.92 Å². The molecule has 0 aromatic heterocycles. The highest BCUT2D eigenvalue weighted by Crippen LogP contribution is 2.49. The van der Waals surface area contributed by atoms with Crippen LogP contribution in [0.15, 0.2) is 30.3 Å². The van der Waals surface area contributed by atoms with Crippen LogP contribution in [0.3, 0.4) is 0 Å². The van der Waals surface area contributed by atoms with Crippen LogP contribution in [0.25, 0.3) is 0 Å². The van der Waals surface area contributed by atoms with Crippen molar-refractivity contribution >= 4 is 5.97 Å². The summed E-state index contributed by atoms with van der Waals surface area (Å²) >= 11 is 0. The van der Waals surface area contributed by atoms with Gasteiger partial charge in [-0.2, -0.15) is 0 Å². The standard InChI is InChI=1S/C16H21FO2/c1-3-19-15(18)14-11-7-8-12(2)16(14,17)13-9-5-4-6-10-13/h4-6,9-10,12,14H,3,7-8,11H2,1-2H3/t12-,14-,16-/m1/s1. The Morgan fingerprint density at radius 2 is 2.05 bits per heavy atom. The summed E-state index contributed by atoms with van der Waals surface area (Å²) in [6, 6.07) is 9.04. The van der Waals surface area contributed by atoms with Crippen molar-refractivity contribution in [2.45, 2.75) is 38.8 Å². The van der Waals surface area contributed by atoms with Crippen molar-refractivity contribution in [2.75, 3.05) is 6.61 Å². The van der Waals surface area contributed by atoms with Crippen LogP contribution in [-0.2, 0) is 15.2 Å². The highest BCUT2D eigenvalue weighted by atomic mass is 19.1. The number of halogens is 1. The summed E-state index contributed by atoms with van der Waals surface area (Å²) in [4.78, 5) is 12.1. The minimum Gasteiger partial charge on any atom is -0.466 e. The first-order chi connectivity index (χ1) is 9.10. The van der Waals surface area contributed by atoms with Crippen molar-refractivity contribution in [3.63, 3.8) is 0 Å². The lowest BCUT2D eigenvalue weighted by Crippen LogP contribution is -2.45. The number of esters is 1. The summed E-state index contributed by atoms with van der Waals surface area (Å²) in [5.74, 6) is -1.25. The number of hydrogen-bond donors (Lipinski definition) is 0. The fourth-order valence-corrected chi connectivity index (χ4v) is 3.10. The minimum absolute atomic E-state index is 0.168. The normalized spacial score (nSPS) is 30.9. The maximum atomic E-state index is 15.6. The molecule has 1 aromatic carbocycles. The molecule has 0 N–H and O–H groups in total. The van der Waals surface area contributed by atoms with Gasteiger partial charge in [-0.3, -0.25) is 4.79 Å². The maximum absolute atomic E-state index is 15.6. The molecule has 3 atom stereocenters. The summed E-state index contributed by atoms with van der Waals surface area (Å²) in [6.45, 7) is 3.94. The van der Waals surface area contributed by atoms with Crippen molar-refractivity contribution < 1.29 is 13.9 Å². The summed E-state index contributed by atoms with van der Waals surface area (Å²) in [7, 11) is 0. The second kappa shape index (κ2) is 5.72. The van der Waals surface area contributed by atoms with Crippen LogP contribution in [-0.4, -0.2) is 12.6 Å². The lowest BCUT2D eigenvalue weighted by molar-refractivity contribution is -0.160.